The molecule has 0 atom stereocenters. The number of benzene rings is 2. The summed E-state index contributed by atoms with van der Waals surface area (Å²) < 4.78 is 96.8. The highest BCUT2D eigenvalue weighted by Gasteiger charge is 2.19. The second-order valence-corrected chi connectivity index (χ2v) is 11.9. The average molecular weight is 685 g/mol. The lowest BCUT2D eigenvalue weighted by atomic mass is 10.1. The zero-order valence-electron chi connectivity index (χ0n) is 36.4. The molecule has 0 aliphatic rings. The first-order chi connectivity index (χ1) is 26.8. The SMILES string of the molecule is [2H]C([2H])([2H])Oc1ccc2nc(SC([2H])([2H])c3ncc(C)c(OC([2H])([2H])[2H])c3C)[nH]c2c1.[2H]C([2H])([2H])Oc1ccc2nc(SCc3ncc(C)c([N+](=O)[O-])c3C)[nH]c2c1. The summed E-state index contributed by atoms with van der Waals surface area (Å²) in [6.45, 7) is 6.52. The molecular weight excluding hydrogens is 639 g/mol. The van der Waals surface area contributed by atoms with Crippen LogP contribution in [0.3, 0.4) is 0 Å². The number of aromatic amines is 2. The van der Waals surface area contributed by atoms with Crippen LogP contribution in [-0.2, 0) is 11.5 Å². The van der Waals surface area contributed by atoms with Gasteiger partial charge in [0.2, 0.25) is 0 Å². The summed E-state index contributed by atoms with van der Waals surface area (Å²) in [6.07, 6.45) is 2.86. The van der Waals surface area contributed by atoms with Gasteiger partial charge in [-0.25, -0.2) is 9.97 Å². The van der Waals surface area contributed by atoms with Crippen LogP contribution in [0.15, 0.2) is 59.1 Å². The Morgan fingerprint density at radius 1 is 0.809 bits per heavy atom. The first-order valence-electron chi connectivity index (χ1n) is 19.2. The number of fused-ring (bicyclic) bond motifs is 2. The van der Waals surface area contributed by atoms with Gasteiger partial charge < -0.3 is 24.2 Å². The molecule has 0 fully saturated rings. The van der Waals surface area contributed by atoms with Crippen molar-refractivity contribution in [3.63, 3.8) is 0 Å². The molecule has 244 valence electrons. The van der Waals surface area contributed by atoms with Gasteiger partial charge in [-0.05, 0) is 52.0 Å². The molecule has 0 saturated carbocycles. The third-order valence-corrected chi connectivity index (χ3v) is 8.56. The number of nitro groups is 1. The number of nitrogens with zero attached hydrogens (tertiary/aromatic N) is 5. The van der Waals surface area contributed by atoms with E-state index in [1.54, 1.807) is 52.0 Å². The first-order valence-corrected chi connectivity index (χ1v) is 15.5. The van der Waals surface area contributed by atoms with E-state index in [0.29, 0.717) is 55.4 Å². The van der Waals surface area contributed by atoms with Crippen molar-refractivity contribution in [3.8, 4) is 17.2 Å². The fraction of sp³-hybridized carbons (Fsp3) is 0.273. The number of H-pyrrole nitrogens is 2. The Morgan fingerprint density at radius 2 is 1.38 bits per heavy atom. The molecule has 6 rings (SSSR count). The minimum atomic E-state index is -2.68. The quantitative estimate of drug-likeness (QED) is 0.0830. The van der Waals surface area contributed by atoms with Gasteiger partial charge in [0.1, 0.15) is 17.2 Å². The molecule has 14 heteroatoms. The number of pyridine rings is 2. The van der Waals surface area contributed by atoms with Gasteiger partial charge in [0.05, 0.1) is 71.8 Å². The van der Waals surface area contributed by atoms with Crippen molar-refractivity contribution < 1.29 is 34.2 Å². The summed E-state index contributed by atoms with van der Waals surface area (Å²) in [5, 5.41) is 12.0. The monoisotopic (exact) mass is 684 g/mol. The summed E-state index contributed by atoms with van der Waals surface area (Å²) in [6, 6.07) is 9.26. The summed E-state index contributed by atoms with van der Waals surface area (Å²) in [7, 11) is -7.79. The van der Waals surface area contributed by atoms with Gasteiger partial charge in [-0.2, -0.15) is 0 Å². The van der Waals surface area contributed by atoms with Crippen LogP contribution in [-0.4, -0.2) is 55.9 Å². The molecular formula is C33H35N7O5S2. The lowest BCUT2D eigenvalue weighted by Gasteiger charge is -2.11. The molecule has 4 aromatic heterocycles. The van der Waals surface area contributed by atoms with Crippen molar-refractivity contribution >= 4 is 51.3 Å². The van der Waals surface area contributed by atoms with E-state index < -0.39 is 31.7 Å². The van der Waals surface area contributed by atoms with E-state index in [-0.39, 0.29) is 39.3 Å². The minimum Gasteiger partial charge on any atom is -0.497 e. The van der Waals surface area contributed by atoms with E-state index in [2.05, 4.69) is 29.9 Å². The number of nitrogens with one attached hydrogen (secondary N) is 2. The Kier molecular flexibility index (Phi) is 6.86. The molecule has 0 unspecified atom stereocenters. The maximum Gasteiger partial charge on any atom is 0.278 e. The number of ether oxygens (including phenoxy) is 3. The van der Waals surface area contributed by atoms with Crippen LogP contribution >= 0.6 is 23.5 Å². The Morgan fingerprint density at radius 3 is 1.98 bits per heavy atom. The molecule has 0 spiro atoms. The number of aryl methyl sites for hydroxylation is 2. The van der Waals surface area contributed by atoms with Crippen LogP contribution < -0.4 is 14.2 Å². The van der Waals surface area contributed by atoms with Gasteiger partial charge in [-0.15, -0.1) is 0 Å². The summed E-state index contributed by atoms with van der Waals surface area (Å²) >= 11 is 2.10. The number of hydrogen-bond acceptors (Lipinski definition) is 11. The van der Waals surface area contributed by atoms with Gasteiger partial charge in [0.15, 0.2) is 10.3 Å². The number of imidazole rings is 2. The fourth-order valence-electron chi connectivity index (χ4n) is 4.58. The predicted octanol–water partition coefficient (Wildman–Crippen LogP) is 7.67. The van der Waals surface area contributed by atoms with Crippen molar-refractivity contribution in [3.05, 3.63) is 92.5 Å². The molecule has 6 aromatic rings. The maximum atomic E-state index is 11.2. The smallest absolute Gasteiger partial charge is 0.278 e. The third kappa shape index (κ3) is 7.60. The standard InChI is InChI=1S/C17H19N3O2S.C16H16N4O3S/c1-10-8-18-15(11(2)16(10)22-4)9-23-17-19-13-6-5-12(21-3)7-14(13)20-17;1-9-7-17-14(10(2)15(9)20(21)22)8-24-16-18-12-5-4-11(23-3)6-13(12)19-16/h5-8H,9H2,1-4H3,(H,19,20);4-7H,8H2,1-3H3,(H,18,19)/i3D3,4D3,9D2;3D3. The topological polar surface area (TPSA) is 154 Å². The molecule has 0 amide bonds. The number of rotatable bonds is 10. The summed E-state index contributed by atoms with van der Waals surface area (Å²) in [4.78, 5) is 34.0. The van der Waals surface area contributed by atoms with Crippen molar-refractivity contribution in [2.24, 2.45) is 0 Å². The highest BCUT2D eigenvalue weighted by atomic mass is 32.2. The number of hydrogen-bond donors (Lipinski definition) is 2. The molecule has 47 heavy (non-hydrogen) atoms. The molecule has 12 nitrogen and oxygen atoms in total. The van der Waals surface area contributed by atoms with Crippen LogP contribution in [0.2, 0.25) is 0 Å². The van der Waals surface area contributed by atoms with E-state index in [4.69, 9.17) is 29.3 Å². The van der Waals surface area contributed by atoms with Gasteiger partial charge in [-0.3, -0.25) is 20.1 Å². The first kappa shape index (κ1) is 21.9. The highest BCUT2D eigenvalue weighted by molar-refractivity contribution is 7.98. The Labute approximate surface area is 295 Å². The van der Waals surface area contributed by atoms with Gasteiger partial charge in [0, 0.05) is 61.0 Å². The normalized spacial score (nSPS) is 15.5. The molecule has 0 radical (unpaired) electrons. The van der Waals surface area contributed by atoms with Gasteiger partial charge in [0.25, 0.3) is 5.69 Å². The average Bonchev–Trinajstić information content (AvgIpc) is 3.66. The largest absolute Gasteiger partial charge is 0.497 e. The summed E-state index contributed by atoms with van der Waals surface area (Å²) in [5.74, 6) is 0.809. The van der Waals surface area contributed by atoms with E-state index >= 15 is 0 Å². The molecule has 0 aliphatic heterocycles. The highest BCUT2D eigenvalue weighted by Crippen LogP contribution is 2.31. The predicted molar refractivity (Wildman–Crippen MR) is 185 cm³/mol. The van der Waals surface area contributed by atoms with E-state index in [0.717, 1.165) is 11.8 Å². The molecule has 0 aliphatic carbocycles. The van der Waals surface area contributed by atoms with E-state index in [9.17, 15) is 10.1 Å². The number of aromatic nitrogens is 6. The lowest BCUT2D eigenvalue weighted by molar-refractivity contribution is -0.386. The van der Waals surface area contributed by atoms with Crippen LogP contribution in [0.1, 0.15) is 48.7 Å². The van der Waals surface area contributed by atoms with E-state index in [1.807, 2.05) is 0 Å². The Bertz CT molecular complexity index is 2470. The minimum absolute atomic E-state index is 0.00855. The zero-order valence-corrected chi connectivity index (χ0v) is 27.1. The van der Waals surface area contributed by atoms with Crippen LogP contribution in [0, 0.1) is 37.8 Å². The molecule has 4 heterocycles. The number of thioether (sulfide) groups is 2. The molecule has 0 saturated heterocycles. The van der Waals surface area contributed by atoms with Crippen LogP contribution in [0.4, 0.5) is 5.69 Å². The Balaban J connectivity index is 0.000000223. The van der Waals surface area contributed by atoms with Gasteiger partial charge >= 0.3 is 0 Å². The lowest BCUT2D eigenvalue weighted by Crippen LogP contribution is -2.01. The van der Waals surface area contributed by atoms with Crippen molar-refractivity contribution in [2.75, 3.05) is 21.1 Å². The maximum absolute atomic E-state index is 11.2. The van der Waals surface area contributed by atoms with Crippen molar-refractivity contribution in [1.82, 2.24) is 29.9 Å². The summed E-state index contributed by atoms with van der Waals surface area (Å²) in [5.41, 5.74) is 2.71. The number of methoxy groups -OCH3 is 3. The zero-order chi connectivity index (χ0) is 43.0. The fourth-order valence-corrected chi connectivity index (χ4v) is 6.19. The second kappa shape index (κ2) is 14.7. The molecule has 2 aromatic carbocycles. The molecule has 2 N–H and O–H groups in total. The molecule has 0 bridgehead atoms. The Hall–Kier alpha value is -4.82. The van der Waals surface area contributed by atoms with E-state index in [1.165, 1.54) is 36.3 Å². The second-order valence-electron chi connectivity index (χ2n) is 10.1. The van der Waals surface area contributed by atoms with Gasteiger partial charge in [-0.1, -0.05) is 23.5 Å². The van der Waals surface area contributed by atoms with Crippen LogP contribution in [0.5, 0.6) is 17.2 Å². The van der Waals surface area contributed by atoms with Crippen LogP contribution in [0.25, 0.3) is 22.1 Å². The third-order valence-electron chi connectivity index (χ3n) is 6.99. The van der Waals surface area contributed by atoms with Crippen molar-refractivity contribution in [2.45, 2.75) is 49.5 Å². The van der Waals surface area contributed by atoms with Crippen molar-refractivity contribution in [1.29, 1.82) is 0 Å².